The van der Waals surface area contributed by atoms with Crippen molar-refractivity contribution in [3.63, 3.8) is 0 Å². The number of nitrogens with two attached hydrogens (primary N) is 1. The number of rotatable bonds is 11. The maximum absolute atomic E-state index is 16.4. The molecule has 0 radical (unpaired) electrons. The third kappa shape index (κ3) is 4.73. The molecule has 1 saturated carbocycles. The van der Waals surface area contributed by atoms with Gasteiger partial charge in [-0.15, -0.1) is 0 Å². The van der Waals surface area contributed by atoms with Crippen LogP contribution < -0.4 is 21.0 Å². The number of esters is 1. The van der Waals surface area contributed by atoms with E-state index in [4.69, 9.17) is 24.3 Å². The van der Waals surface area contributed by atoms with Crippen molar-refractivity contribution in [2.24, 2.45) is 0 Å². The fourth-order valence-electron chi connectivity index (χ4n) is 5.16. The summed E-state index contributed by atoms with van der Waals surface area (Å²) in [6, 6.07) is 17.2. The Labute approximate surface area is 240 Å². The molecule has 0 amide bonds. The van der Waals surface area contributed by atoms with Crippen LogP contribution in [0.1, 0.15) is 26.3 Å². The molecule has 1 aliphatic heterocycles. The number of aliphatic hydroxyl groups excluding tert-OH is 1. The molecule has 42 heavy (non-hydrogen) atoms. The minimum atomic E-state index is -4.36. The highest BCUT2D eigenvalue weighted by atomic mass is 31.2. The molecule has 0 bridgehead atoms. The molecule has 14 heteroatoms. The number of ether oxygens (including phenoxy) is 2. The van der Waals surface area contributed by atoms with Crippen molar-refractivity contribution in [1.29, 1.82) is 0 Å². The quantitative estimate of drug-likeness (QED) is 0.217. The number of halogens is 1. The minimum absolute atomic E-state index is 0.00641. The summed E-state index contributed by atoms with van der Waals surface area (Å²) in [5, 5.41) is 13.4. The molecule has 1 fully saturated rings. The lowest BCUT2D eigenvalue weighted by Crippen LogP contribution is -2.39. The van der Waals surface area contributed by atoms with E-state index in [1.54, 1.807) is 42.5 Å². The predicted octanol–water partition coefficient (Wildman–Crippen LogP) is 3.75. The summed E-state index contributed by atoms with van der Waals surface area (Å²) >= 11 is 0. The Kier molecular flexibility index (Phi) is 7.38. The molecular weight excluding hydrogens is 570 g/mol. The van der Waals surface area contributed by atoms with Gasteiger partial charge in [-0.25, -0.2) is 13.8 Å². The van der Waals surface area contributed by atoms with Gasteiger partial charge < -0.3 is 24.8 Å². The summed E-state index contributed by atoms with van der Waals surface area (Å²) in [4.78, 5) is 28.8. The summed E-state index contributed by atoms with van der Waals surface area (Å²) in [6.07, 6.45) is 1.27. The van der Waals surface area contributed by atoms with Gasteiger partial charge in [0.1, 0.15) is 36.4 Å². The van der Waals surface area contributed by atoms with Crippen molar-refractivity contribution in [1.82, 2.24) is 14.6 Å². The van der Waals surface area contributed by atoms with Gasteiger partial charge in [-0.3, -0.25) is 13.9 Å². The van der Waals surface area contributed by atoms with Crippen molar-refractivity contribution < 1.29 is 37.4 Å². The van der Waals surface area contributed by atoms with Gasteiger partial charge in [0.05, 0.1) is 0 Å². The zero-order valence-electron chi connectivity index (χ0n) is 23.0. The van der Waals surface area contributed by atoms with Gasteiger partial charge >= 0.3 is 19.4 Å². The maximum atomic E-state index is 16.4. The van der Waals surface area contributed by atoms with Gasteiger partial charge in [-0.1, -0.05) is 48.5 Å². The number of anilines is 1. The first kappa shape index (κ1) is 29.3. The lowest BCUT2D eigenvalue weighted by atomic mass is 10.1. The first-order valence-corrected chi connectivity index (χ1v) is 14.5. The van der Waals surface area contributed by atoms with Crippen LogP contribution in [-0.4, -0.2) is 44.5 Å². The van der Waals surface area contributed by atoms with Crippen LogP contribution in [-0.2, 0) is 35.5 Å². The van der Waals surface area contributed by atoms with Gasteiger partial charge in [0.25, 0.3) is 0 Å². The fourth-order valence-corrected chi connectivity index (χ4v) is 6.61. The maximum Gasteiger partial charge on any atom is 0.459 e. The van der Waals surface area contributed by atoms with Crippen LogP contribution in [0.15, 0.2) is 89.2 Å². The van der Waals surface area contributed by atoms with Gasteiger partial charge in [-0.2, -0.15) is 10.1 Å². The van der Waals surface area contributed by atoms with Crippen molar-refractivity contribution in [3.8, 4) is 5.75 Å². The smallest absolute Gasteiger partial charge is 0.459 e. The van der Waals surface area contributed by atoms with Gasteiger partial charge in [0.15, 0.2) is 17.1 Å². The van der Waals surface area contributed by atoms with Crippen LogP contribution in [0.4, 0.5) is 10.2 Å². The van der Waals surface area contributed by atoms with E-state index in [1.807, 2.05) is 6.07 Å². The molecule has 1 aromatic heterocycles. The van der Waals surface area contributed by atoms with Crippen molar-refractivity contribution in [2.45, 2.75) is 50.2 Å². The average molecular weight is 601 g/mol. The zero-order valence-corrected chi connectivity index (χ0v) is 23.9. The Morgan fingerprint density at radius 3 is 2.38 bits per heavy atom. The van der Waals surface area contributed by atoms with Gasteiger partial charge in [0.2, 0.25) is 5.67 Å². The second-order valence-corrected chi connectivity index (χ2v) is 12.0. The normalized spacial score (nSPS) is 26.5. The van der Waals surface area contributed by atoms with E-state index < -0.39 is 54.6 Å². The first-order chi connectivity index (χ1) is 19.8. The SMILES string of the molecule is C[C@H](N[P@](=O)(OCC1=C(O)C2(F)C(C)(n3ccc(N)nc3=O)[C@@]2(C)O1)Oc1ccccc1)C(=O)OCc1ccccc1. The van der Waals surface area contributed by atoms with Crippen LogP contribution in [0.25, 0.3) is 0 Å². The number of hydrogen-bond donors (Lipinski definition) is 3. The van der Waals surface area contributed by atoms with Crippen LogP contribution >= 0.6 is 7.75 Å². The Bertz CT molecular complexity index is 1640. The van der Waals surface area contributed by atoms with Crippen LogP contribution in [0.5, 0.6) is 5.75 Å². The fraction of sp³-hybridized carbons (Fsp3) is 0.321. The molecule has 1 aliphatic carbocycles. The van der Waals surface area contributed by atoms with E-state index in [9.17, 15) is 19.3 Å². The monoisotopic (exact) mass is 600 g/mol. The highest BCUT2D eigenvalue weighted by molar-refractivity contribution is 7.52. The number of alkyl halides is 1. The van der Waals surface area contributed by atoms with Crippen LogP contribution in [0.3, 0.4) is 0 Å². The lowest BCUT2D eigenvalue weighted by molar-refractivity contribution is -0.146. The summed E-state index contributed by atoms with van der Waals surface area (Å²) < 4.78 is 53.4. The number of nitrogens with one attached hydrogen (secondary N) is 1. The largest absolute Gasteiger partial charge is 0.506 e. The topological polar surface area (TPSA) is 164 Å². The number of hydrogen-bond acceptors (Lipinski definition) is 10. The van der Waals surface area contributed by atoms with E-state index in [0.29, 0.717) is 0 Å². The number of para-hydroxylation sites is 1. The molecule has 2 aromatic carbocycles. The van der Waals surface area contributed by atoms with Crippen LogP contribution in [0, 0.1) is 0 Å². The molecule has 3 aromatic rings. The Morgan fingerprint density at radius 1 is 1.14 bits per heavy atom. The van der Waals surface area contributed by atoms with E-state index in [2.05, 4.69) is 10.1 Å². The number of aromatic nitrogens is 2. The third-order valence-electron chi connectivity index (χ3n) is 7.68. The summed E-state index contributed by atoms with van der Waals surface area (Å²) in [5.74, 6) is -1.81. The summed E-state index contributed by atoms with van der Waals surface area (Å²) in [6.45, 7) is 3.49. The van der Waals surface area contributed by atoms with Crippen LogP contribution in [0.2, 0.25) is 0 Å². The Morgan fingerprint density at radius 2 is 1.79 bits per heavy atom. The molecule has 2 aliphatic rings. The second kappa shape index (κ2) is 10.6. The number of nitrogen functional groups attached to an aromatic ring is 1. The molecule has 222 valence electrons. The lowest BCUT2D eigenvalue weighted by Gasteiger charge is -2.25. The van der Waals surface area contributed by atoms with E-state index in [-0.39, 0.29) is 23.9 Å². The third-order valence-corrected chi connectivity index (χ3v) is 9.31. The van der Waals surface area contributed by atoms with Gasteiger partial charge in [-0.05, 0) is 44.5 Å². The molecule has 5 atom stereocenters. The van der Waals surface area contributed by atoms with Crippen molar-refractivity contribution in [3.05, 3.63) is 100 Å². The second-order valence-electron chi connectivity index (χ2n) is 10.3. The minimum Gasteiger partial charge on any atom is -0.506 e. The van der Waals surface area contributed by atoms with Crippen molar-refractivity contribution in [2.75, 3.05) is 12.3 Å². The van der Waals surface area contributed by atoms with Crippen molar-refractivity contribution >= 4 is 19.5 Å². The first-order valence-electron chi connectivity index (χ1n) is 13.0. The highest BCUT2D eigenvalue weighted by Crippen LogP contribution is 2.74. The molecule has 12 nitrogen and oxygen atoms in total. The van der Waals surface area contributed by atoms with E-state index >= 15 is 4.39 Å². The molecule has 2 heterocycles. The van der Waals surface area contributed by atoms with Gasteiger partial charge in [0, 0.05) is 6.20 Å². The average Bonchev–Trinajstić information content (AvgIpc) is 3.23. The number of fused-ring (bicyclic) bond motifs is 1. The summed E-state index contributed by atoms with van der Waals surface area (Å²) in [5.41, 5.74) is -0.429. The predicted molar refractivity (Wildman–Crippen MR) is 149 cm³/mol. The molecule has 2 unspecified atom stereocenters. The Balaban J connectivity index is 1.33. The molecule has 4 N–H and O–H groups in total. The molecule has 0 spiro atoms. The van der Waals surface area contributed by atoms with E-state index in [1.165, 1.54) is 45.2 Å². The Hall–Kier alpha value is -4.19. The highest BCUT2D eigenvalue weighted by Gasteiger charge is 2.94. The summed E-state index contributed by atoms with van der Waals surface area (Å²) in [7, 11) is -4.36. The number of aliphatic hydroxyl groups is 1. The van der Waals surface area contributed by atoms with E-state index in [0.717, 1.165) is 10.1 Å². The number of carbonyl (C=O) groups excluding carboxylic acids is 1. The standard InChI is InChI=1S/C28H30FN4O8P/c1-18(24(35)38-16-19-10-6-4-7-11-19)32-42(37,41-20-12-8-5-9-13-20)39-17-21-23(34)28(29)26(2,27(28,3)40-21)33-15-14-22(30)31-25(33)36/h4-15,18,34H,16-17H2,1-3H3,(H,32,37)(H2,30,31,36)/t18-,26?,27+,28?,42-/m0/s1. The number of nitrogens with zero attached hydrogens (tertiary/aromatic N) is 2. The molecule has 5 rings (SSSR count). The number of carbonyl (C=O) groups is 1. The zero-order chi connectivity index (χ0) is 30.3. The molecular formula is C28H30FN4O8P. The molecule has 0 saturated heterocycles. The number of benzene rings is 2.